The number of rotatable bonds is 10. The fourth-order valence-corrected chi connectivity index (χ4v) is 1.09. The van der Waals surface area contributed by atoms with Crippen LogP contribution in [0.5, 0.6) is 0 Å². The number of hydrogen-bond donors (Lipinski definition) is 0. The van der Waals surface area contributed by atoms with Crippen molar-refractivity contribution < 1.29 is 45.4 Å². The Balaban J connectivity index is -0.000000107. The van der Waals surface area contributed by atoms with Crippen molar-refractivity contribution in [3.63, 3.8) is 0 Å². The summed E-state index contributed by atoms with van der Waals surface area (Å²) in [4.78, 5) is 20.0. The van der Waals surface area contributed by atoms with Gasteiger partial charge in [0.05, 0.1) is 6.10 Å². The largest absolute Gasteiger partial charge is 0 e. The van der Waals surface area contributed by atoms with Crippen molar-refractivity contribution in [3.05, 3.63) is 39.2 Å². The molecule has 1 atom stereocenters. The number of ether oxygens (including phenoxy) is 1. The van der Waals surface area contributed by atoms with Gasteiger partial charge in [0.15, 0.2) is 0 Å². The molecule has 0 aromatic carbocycles. The SMILES string of the molecule is CCCCCC([CH][CH][CH]C=O)O[C-]=O.[C-]#[O+].[C-]#[O+].[C-]#[O+].[Fe]. The van der Waals surface area contributed by atoms with Crippen LogP contribution in [0.1, 0.15) is 32.6 Å². The van der Waals surface area contributed by atoms with E-state index in [0.717, 1.165) is 25.7 Å². The van der Waals surface area contributed by atoms with Crippen LogP contribution in [0, 0.1) is 39.2 Å². The number of aldehydes is 1. The molecule has 117 valence electrons. The normalized spacial score (nSPS) is 8.33. The molecule has 0 aromatic heterocycles. The van der Waals surface area contributed by atoms with Crippen LogP contribution in [0.15, 0.2) is 0 Å². The Hall–Kier alpha value is -1.12. The molecule has 6 nitrogen and oxygen atoms in total. The molecule has 0 N–H and O–H groups in total. The van der Waals surface area contributed by atoms with Gasteiger partial charge in [-0.3, -0.25) is 0 Å². The molecular weight excluding hydrogens is 320 g/mol. The Morgan fingerprint density at radius 1 is 1.10 bits per heavy atom. The average molecular weight is 336 g/mol. The van der Waals surface area contributed by atoms with Crippen molar-refractivity contribution in [3.8, 4) is 0 Å². The van der Waals surface area contributed by atoms with Crippen LogP contribution in [0.2, 0.25) is 0 Å². The van der Waals surface area contributed by atoms with Crippen molar-refractivity contribution >= 4 is 12.8 Å². The van der Waals surface area contributed by atoms with Gasteiger partial charge in [-0.1, -0.05) is 26.2 Å². The number of carbonyl (C=O) groups excluding carboxylic acids is 2. The standard InChI is InChI=1S/C11H16O3.3CO.Fe/c1-2-3-4-7-11(14-10-13)8-5-6-9-12;3*1-2;/h5-6,8-9,11H,2-4,7H2,1H3;;;;/q-1;;;;. The zero-order valence-electron chi connectivity index (χ0n) is 11.5. The van der Waals surface area contributed by atoms with Crippen LogP contribution in [0.3, 0.4) is 0 Å². The average Bonchev–Trinajstić information content (AvgIpc) is 2.54. The Morgan fingerprint density at radius 2 is 1.62 bits per heavy atom. The molecule has 0 aromatic rings. The molecular formula is C14H16FeO6-. The molecule has 21 heavy (non-hydrogen) atoms. The van der Waals surface area contributed by atoms with E-state index in [0.29, 0.717) is 6.29 Å². The molecule has 0 aliphatic heterocycles. The van der Waals surface area contributed by atoms with Crippen LogP contribution < -0.4 is 0 Å². The van der Waals surface area contributed by atoms with Crippen LogP contribution in [-0.4, -0.2) is 18.9 Å². The van der Waals surface area contributed by atoms with Crippen LogP contribution in [-0.2, 0) is 45.4 Å². The Kier molecular flexibility index (Phi) is 65.2. The summed E-state index contributed by atoms with van der Waals surface area (Å²) >= 11 is 0. The third-order valence-electron chi connectivity index (χ3n) is 1.81. The van der Waals surface area contributed by atoms with E-state index in [1.165, 1.54) is 12.9 Å². The van der Waals surface area contributed by atoms with E-state index in [1.807, 2.05) is 0 Å². The second kappa shape index (κ2) is 42.8. The first kappa shape index (κ1) is 32.0. The molecule has 0 fully saturated rings. The van der Waals surface area contributed by atoms with E-state index in [1.54, 1.807) is 12.8 Å². The quantitative estimate of drug-likeness (QED) is 0.199. The van der Waals surface area contributed by atoms with E-state index >= 15 is 0 Å². The molecule has 0 heterocycles. The summed E-state index contributed by atoms with van der Waals surface area (Å²) in [5.74, 6) is 0. The molecule has 0 rings (SSSR count). The molecule has 1 unspecified atom stereocenters. The topological polar surface area (TPSA) is 103 Å². The van der Waals surface area contributed by atoms with Gasteiger partial charge in [-0.25, -0.2) is 0 Å². The van der Waals surface area contributed by atoms with Gasteiger partial charge in [0.1, 0.15) is 6.29 Å². The smallest absolute Gasteiger partial charge is 0 e. The van der Waals surface area contributed by atoms with E-state index in [2.05, 4.69) is 26.9 Å². The van der Waals surface area contributed by atoms with Gasteiger partial charge in [-0.2, -0.15) is 0 Å². The van der Waals surface area contributed by atoms with Crippen molar-refractivity contribution in [2.75, 3.05) is 0 Å². The number of hydrogen-bond acceptors (Lipinski definition) is 3. The summed E-state index contributed by atoms with van der Waals surface area (Å²) in [5, 5.41) is 0. The Morgan fingerprint density at radius 3 is 2.00 bits per heavy atom. The molecule has 3 radical (unpaired) electrons. The predicted molar refractivity (Wildman–Crippen MR) is 65.5 cm³/mol. The summed E-state index contributed by atoms with van der Waals surface area (Å²) in [6.45, 7) is 17.0. The molecule has 0 saturated carbocycles. The first-order valence-electron chi connectivity index (χ1n) is 5.44. The summed E-state index contributed by atoms with van der Waals surface area (Å²) in [7, 11) is 0. The van der Waals surface area contributed by atoms with Crippen molar-refractivity contribution in [1.82, 2.24) is 0 Å². The monoisotopic (exact) mass is 336 g/mol. The summed E-state index contributed by atoms with van der Waals surface area (Å²) in [6.07, 6.45) is 9.10. The first-order valence-corrected chi connectivity index (χ1v) is 5.44. The van der Waals surface area contributed by atoms with Crippen LogP contribution in [0.4, 0.5) is 0 Å². The van der Waals surface area contributed by atoms with Gasteiger partial charge in [-0.15, -0.1) is 0 Å². The van der Waals surface area contributed by atoms with Crippen molar-refractivity contribution in [1.29, 1.82) is 0 Å². The van der Waals surface area contributed by atoms with E-state index < -0.39 is 0 Å². The van der Waals surface area contributed by atoms with E-state index in [4.69, 9.17) is 18.7 Å². The van der Waals surface area contributed by atoms with Gasteiger partial charge in [-0.05, 0) is 19.3 Å². The fourth-order valence-electron chi connectivity index (χ4n) is 1.09. The minimum Gasteiger partial charge on any atom is 0 e. The third kappa shape index (κ3) is 38.1. The summed E-state index contributed by atoms with van der Waals surface area (Å²) < 4.78 is 27.2. The number of unbranched alkanes of at least 4 members (excludes halogenated alkanes) is 3. The van der Waals surface area contributed by atoms with Gasteiger partial charge in [0, 0.05) is 29.9 Å². The molecule has 0 aliphatic rings. The third-order valence-corrected chi connectivity index (χ3v) is 1.81. The minimum atomic E-state index is -0.254. The molecule has 0 spiro atoms. The fraction of sp³-hybridized carbons (Fsp3) is 0.429. The summed E-state index contributed by atoms with van der Waals surface area (Å²) in [6, 6.07) is 0. The minimum absolute atomic E-state index is 0. The summed E-state index contributed by atoms with van der Waals surface area (Å²) in [5.41, 5.74) is 0. The maximum Gasteiger partial charge on any atom is 0 e. The second-order valence-electron chi connectivity index (χ2n) is 2.95. The zero-order chi connectivity index (χ0) is 16.6. The Labute approximate surface area is 136 Å². The maximum absolute atomic E-state index is 10.0. The molecule has 7 heteroatoms. The molecule has 0 amide bonds. The Bertz CT molecular complexity index is 235. The predicted octanol–water partition coefficient (Wildman–Crippen LogP) is 1.72. The van der Waals surface area contributed by atoms with Gasteiger partial charge in [0.2, 0.25) is 0 Å². The van der Waals surface area contributed by atoms with Gasteiger partial charge < -0.3 is 14.3 Å². The number of carbonyl (C=O) groups is 1. The van der Waals surface area contributed by atoms with E-state index in [-0.39, 0.29) is 23.2 Å². The zero-order valence-corrected chi connectivity index (χ0v) is 12.6. The van der Waals surface area contributed by atoms with E-state index in [9.17, 15) is 9.59 Å². The molecule has 0 aliphatic carbocycles. The molecule has 0 saturated heterocycles. The van der Waals surface area contributed by atoms with Crippen molar-refractivity contribution in [2.24, 2.45) is 0 Å². The first-order chi connectivity index (χ1) is 9.85. The molecule has 0 bridgehead atoms. The van der Waals surface area contributed by atoms with Crippen LogP contribution >= 0.6 is 0 Å². The van der Waals surface area contributed by atoms with Gasteiger partial charge in [0.25, 0.3) is 0 Å². The maximum atomic E-state index is 10.0. The van der Waals surface area contributed by atoms with Gasteiger partial charge >= 0.3 is 33.9 Å². The van der Waals surface area contributed by atoms with Crippen LogP contribution in [0.25, 0.3) is 0 Å². The second-order valence-corrected chi connectivity index (χ2v) is 2.95. The van der Waals surface area contributed by atoms with Crippen molar-refractivity contribution in [2.45, 2.75) is 38.7 Å².